The van der Waals surface area contributed by atoms with Crippen molar-refractivity contribution < 1.29 is 24.5 Å². The largest absolute Gasteiger partial charge is 0.502 e. The van der Waals surface area contributed by atoms with E-state index in [4.69, 9.17) is 15.3 Å². The maximum atomic E-state index is 10.6. The summed E-state index contributed by atoms with van der Waals surface area (Å²) in [4.78, 5) is 20.9. The van der Waals surface area contributed by atoms with Crippen molar-refractivity contribution in [3.63, 3.8) is 0 Å². The van der Waals surface area contributed by atoms with Gasteiger partial charge in [-0.2, -0.15) is 0 Å². The Kier molecular flexibility index (Phi) is 17.3. The van der Waals surface area contributed by atoms with Crippen LogP contribution in [0.15, 0.2) is 21.5 Å². The van der Waals surface area contributed by atoms with Gasteiger partial charge in [-0.3, -0.25) is 9.59 Å². The van der Waals surface area contributed by atoms with Crippen molar-refractivity contribution in [1.29, 1.82) is 0 Å². The maximum Gasteiger partial charge on any atom is 0.303 e. The molecule has 0 aliphatic rings. The average molecular weight is 399 g/mol. The van der Waals surface area contributed by atoms with Gasteiger partial charge in [-0.25, -0.2) is 0 Å². The Hall–Kier alpha value is -1.82. The van der Waals surface area contributed by atoms with Crippen LogP contribution in [0.3, 0.4) is 0 Å². The summed E-state index contributed by atoms with van der Waals surface area (Å²) in [5, 5.41) is 25.6. The molecule has 0 saturated carbocycles. The molecular formula is C22H38O6. The number of carboxylic acids is 1. The first-order valence-electron chi connectivity index (χ1n) is 10.6. The fraction of sp³-hybridized carbons (Fsp3) is 0.727. The molecule has 0 aliphatic carbocycles. The van der Waals surface area contributed by atoms with Crippen LogP contribution in [-0.4, -0.2) is 21.3 Å². The normalized spacial score (nSPS) is 10.4. The Bertz CT molecular complexity index is 552. The molecule has 1 aromatic rings. The lowest BCUT2D eigenvalue weighted by molar-refractivity contribution is -0.137. The first kappa shape index (κ1) is 26.2. The van der Waals surface area contributed by atoms with Crippen LogP contribution < -0.4 is 5.43 Å². The quantitative estimate of drug-likeness (QED) is 0.342. The van der Waals surface area contributed by atoms with Gasteiger partial charge in [0.15, 0.2) is 5.75 Å². The van der Waals surface area contributed by atoms with Crippen LogP contribution in [0.4, 0.5) is 0 Å². The second kappa shape index (κ2) is 18.5. The number of aliphatic hydroxyl groups is 1. The highest BCUT2D eigenvalue weighted by molar-refractivity contribution is 5.66. The minimum atomic E-state index is -0.655. The van der Waals surface area contributed by atoms with Crippen LogP contribution in [-0.2, 0) is 11.4 Å². The smallest absolute Gasteiger partial charge is 0.303 e. The third-order valence-electron chi connectivity index (χ3n) is 4.52. The highest BCUT2D eigenvalue weighted by atomic mass is 16.4. The third-order valence-corrected chi connectivity index (χ3v) is 4.52. The van der Waals surface area contributed by atoms with Gasteiger partial charge in [0, 0.05) is 12.5 Å². The zero-order chi connectivity index (χ0) is 21.0. The highest BCUT2D eigenvalue weighted by Gasteiger charge is 1.98. The zero-order valence-electron chi connectivity index (χ0n) is 17.3. The molecule has 162 valence electrons. The number of carbonyl (C=O) groups is 1. The van der Waals surface area contributed by atoms with Gasteiger partial charge >= 0.3 is 5.97 Å². The van der Waals surface area contributed by atoms with Crippen molar-refractivity contribution >= 4 is 5.97 Å². The van der Waals surface area contributed by atoms with Crippen molar-refractivity contribution in [3.8, 4) is 5.75 Å². The van der Waals surface area contributed by atoms with E-state index in [1.54, 1.807) is 0 Å². The van der Waals surface area contributed by atoms with Crippen molar-refractivity contribution in [2.75, 3.05) is 0 Å². The molecule has 0 aromatic carbocycles. The summed E-state index contributed by atoms with van der Waals surface area (Å²) in [6.07, 6.45) is 18.2. The van der Waals surface area contributed by atoms with E-state index in [9.17, 15) is 9.59 Å². The number of carboxylic acid groups (broad SMARTS) is 1. The Morgan fingerprint density at radius 3 is 1.75 bits per heavy atom. The second-order valence-electron chi connectivity index (χ2n) is 7.14. The monoisotopic (exact) mass is 398 g/mol. The number of hydrogen-bond acceptors (Lipinski definition) is 5. The number of aromatic hydroxyl groups is 1. The van der Waals surface area contributed by atoms with Crippen LogP contribution in [0.25, 0.3) is 0 Å². The van der Waals surface area contributed by atoms with E-state index in [0.29, 0.717) is 6.42 Å². The molecule has 6 heteroatoms. The summed E-state index contributed by atoms with van der Waals surface area (Å²) < 4.78 is 4.59. The molecule has 1 aromatic heterocycles. The number of hydrogen-bond donors (Lipinski definition) is 3. The zero-order valence-corrected chi connectivity index (χ0v) is 17.3. The molecule has 0 atom stereocenters. The molecular weight excluding hydrogens is 360 g/mol. The van der Waals surface area contributed by atoms with Crippen molar-refractivity contribution in [3.05, 3.63) is 28.3 Å². The van der Waals surface area contributed by atoms with E-state index in [1.807, 2.05) is 0 Å². The Balaban J connectivity index is 0.000000609. The predicted octanol–water partition coefficient (Wildman–Crippen LogP) is 5.39. The lowest BCUT2D eigenvalue weighted by Crippen LogP contribution is -1.99. The van der Waals surface area contributed by atoms with Gasteiger partial charge in [-0.1, -0.05) is 84.0 Å². The topological polar surface area (TPSA) is 108 Å². The van der Waals surface area contributed by atoms with Crippen molar-refractivity contribution in [2.45, 2.75) is 103 Å². The van der Waals surface area contributed by atoms with Gasteiger partial charge in [0.05, 0.1) is 0 Å². The Morgan fingerprint density at radius 1 is 0.893 bits per heavy atom. The van der Waals surface area contributed by atoms with Crippen molar-refractivity contribution in [2.24, 2.45) is 0 Å². The Morgan fingerprint density at radius 2 is 1.36 bits per heavy atom. The molecule has 1 rings (SSSR count). The molecule has 0 aliphatic heterocycles. The van der Waals surface area contributed by atoms with Crippen LogP contribution in [0.5, 0.6) is 5.75 Å². The summed E-state index contributed by atoms with van der Waals surface area (Å²) in [5.41, 5.74) is -0.546. The van der Waals surface area contributed by atoms with E-state index in [2.05, 4.69) is 11.3 Å². The van der Waals surface area contributed by atoms with E-state index in [-0.39, 0.29) is 12.4 Å². The summed E-state index contributed by atoms with van der Waals surface area (Å²) in [5.74, 6) is -0.960. The van der Waals surface area contributed by atoms with E-state index >= 15 is 0 Å². The first-order chi connectivity index (χ1) is 13.5. The molecule has 6 nitrogen and oxygen atoms in total. The van der Waals surface area contributed by atoms with Gasteiger partial charge < -0.3 is 19.7 Å². The second-order valence-corrected chi connectivity index (χ2v) is 7.14. The van der Waals surface area contributed by atoms with Crippen LogP contribution >= 0.6 is 0 Å². The van der Waals surface area contributed by atoms with Crippen LogP contribution in [0, 0.1) is 0 Å². The first-order valence-corrected chi connectivity index (χ1v) is 10.6. The fourth-order valence-electron chi connectivity index (χ4n) is 2.82. The molecule has 0 fully saturated rings. The van der Waals surface area contributed by atoms with Gasteiger partial charge in [0.2, 0.25) is 5.43 Å². The molecule has 3 N–H and O–H groups in total. The number of rotatable bonds is 15. The fourth-order valence-corrected chi connectivity index (χ4v) is 2.82. The maximum absolute atomic E-state index is 10.6. The minimum Gasteiger partial charge on any atom is -0.502 e. The predicted molar refractivity (Wildman–Crippen MR) is 111 cm³/mol. The lowest BCUT2D eigenvalue weighted by Gasteiger charge is -2.02. The van der Waals surface area contributed by atoms with Gasteiger partial charge in [-0.05, 0) is 6.42 Å². The molecule has 0 spiro atoms. The average Bonchev–Trinajstić information content (AvgIpc) is 2.68. The summed E-state index contributed by atoms with van der Waals surface area (Å²) in [7, 11) is 0. The molecule has 0 unspecified atom stereocenters. The lowest BCUT2D eigenvalue weighted by atomic mass is 10.0. The molecule has 28 heavy (non-hydrogen) atoms. The van der Waals surface area contributed by atoms with Gasteiger partial charge in [0.25, 0.3) is 0 Å². The highest BCUT2D eigenvalue weighted by Crippen LogP contribution is 2.12. The number of unbranched alkanes of at least 4 members (excludes halogenated alkanes) is 12. The van der Waals surface area contributed by atoms with E-state index in [1.165, 1.54) is 70.6 Å². The SMILES string of the molecule is CCCCCCCCCCCCCCCC(=O)O.O=c1cc(CO)occ1O. The molecule has 1 heterocycles. The van der Waals surface area contributed by atoms with E-state index in [0.717, 1.165) is 25.2 Å². The molecule has 0 radical (unpaired) electrons. The molecule has 0 bridgehead atoms. The number of aliphatic hydroxyl groups excluding tert-OH is 1. The summed E-state index contributed by atoms with van der Waals surface area (Å²) >= 11 is 0. The summed E-state index contributed by atoms with van der Waals surface area (Å²) in [6.45, 7) is 1.92. The standard InChI is InChI=1S/C16H32O2.C6H6O4/c1-2-3-4-5-6-7-8-9-10-11-12-13-14-15-16(17)18;7-2-4-1-5(8)6(9)3-10-4/h2-15H2,1H3,(H,17,18);1,3,7,9H,2H2. The van der Waals surface area contributed by atoms with Crippen LogP contribution in [0.1, 0.15) is 103 Å². The van der Waals surface area contributed by atoms with E-state index < -0.39 is 17.1 Å². The van der Waals surface area contributed by atoms with Gasteiger partial charge in [-0.15, -0.1) is 0 Å². The van der Waals surface area contributed by atoms with Crippen molar-refractivity contribution in [1.82, 2.24) is 0 Å². The van der Waals surface area contributed by atoms with Crippen LogP contribution in [0.2, 0.25) is 0 Å². The third kappa shape index (κ3) is 16.4. The number of aliphatic carboxylic acids is 1. The summed E-state index contributed by atoms with van der Waals surface area (Å²) in [6, 6.07) is 1.04. The molecule has 0 saturated heterocycles. The minimum absolute atomic E-state index is 0.141. The molecule has 0 amide bonds. The Labute approximate surface area is 168 Å². The van der Waals surface area contributed by atoms with Gasteiger partial charge in [0.1, 0.15) is 18.6 Å².